The molecule has 0 amide bonds. The minimum absolute atomic E-state index is 0.713. The predicted molar refractivity (Wildman–Crippen MR) is 50.5 cm³/mol. The van der Waals surface area contributed by atoms with Crippen LogP contribution in [0.1, 0.15) is 0 Å². The number of fused-ring (bicyclic) bond motifs is 1. The minimum Gasteiger partial charge on any atom is -0.291 e. The second-order valence-electron chi connectivity index (χ2n) is 2.49. The van der Waals surface area contributed by atoms with Crippen molar-refractivity contribution in [1.82, 2.24) is 9.95 Å². The van der Waals surface area contributed by atoms with Crippen molar-refractivity contribution in [3.05, 3.63) is 33.7 Å². The van der Waals surface area contributed by atoms with Gasteiger partial charge in [0, 0.05) is 39.6 Å². The molecule has 1 aliphatic heterocycles. The summed E-state index contributed by atoms with van der Waals surface area (Å²) in [5, 5.41) is 2.80. The summed E-state index contributed by atoms with van der Waals surface area (Å²) in [6.07, 6.45) is 3.58. The fourth-order valence-electron chi connectivity index (χ4n) is 1.08. The fraction of sp³-hybridized carbons (Fsp3) is 0. The maximum absolute atomic E-state index is 5.81. The lowest BCUT2D eigenvalue weighted by molar-refractivity contribution is 0.583. The van der Waals surface area contributed by atoms with Crippen LogP contribution in [-0.2, 0) is 0 Å². The maximum Gasteiger partial charge on any atom is 0.0478 e. The fourth-order valence-corrected chi connectivity index (χ4v) is 1.41. The lowest BCUT2D eigenvalue weighted by Gasteiger charge is -2.13. The van der Waals surface area contributed by atoms with E-state index in [4.69, 9.17) is 23.4 Å². The summed E-state index contributed by atoms with van der Waals surface area (Å²) in [7, 11) is 0. The van der Waals surface area contributed by atoms with E-state index in [2.05, 4.69) is 5.43 Å². The lowest BCUT2D eigenvalue weighted by Crippen LogP contribution is -2.37. The topological polar surface area (TPSA) is 15.3 Å². The second-order valence-corrected chi connectivity index (χ2v) is 3.29. The van der Waals surface area contributed by atoms with Crippen LogP contribution in [-0.4, -0.2) is 4.53 Å². The Bertz CT molecular complexity index is 414. The molecule has 0 aliphatic carbocycles. The first-order valence-electron chi connectivity index (χ1n) is 3.44. The molecule has 62 valence electrons. The highest BCUT2D eigenvalue weighted by molar-refractivity contribution is 6.30. The van der Waals surface area contributed by atoms with Gasteiger partial charge in [-0.3, -0.25) is 5.43 Å². The van der Waals surface area contributed by atoms with Gasteiger partial charge in [-0.25, -0.2) is 4.53 Å². The van der Waals surface area contributed by atoms with Crippen LogP contribution in [0.15, 0.2) is 18.2 Å². The van der Waals surface area contributed by atoms with Gasteiger partial charge in [-0.05, 0) is 12.1 Å². The number of hydrogen-bond acceptors (Lipinski definition) is 2. The summed E-state index contributed by atoms with van der Waals surface area (Å²) in [5.74, 6) is 0. The Balaban J connectivity index is 2.72. The summed E-state index contributed by atoms with van der Waals surface area (Å²) < 4.78 is 1.36. The van der Waals surface area contributed by atoms with Gasteiger partial charge in [-0.1, -0.05) is 17.7 Å². The standard InChI is InChI=1S/C8H6Cl2N2/c9-8-2-1-6-4-11-12(10)5-7(6)3-8/h1-5,11H. The Morgan fingerprint density at radius 3 is 2.92 bits per heavy atom. The molecule has 1 N–H and O–H groups in total. The van der Waals surface area contributed by atoms with Crippen LogP contribution in [0.2, 0.25) is 5.02 Å². The molecule has 0 saturated carbocycles. The molecular weight excluding hydrogens is 195 g/mol. The Morgan fingerprint density at radius 1 is 1.25 bits per heavy atom. The molecule has 1 aromatic rings. The molecule has 0 atom stereocenters. The van der Waals surface area contributed by atoms with E-state index in [9.17, 15) is 0 Å². The minimum atomic E-state index is 0.713. The van der Waals surface area contributed by atoms with E-state index in [0.29, 0.717) is 5.02 Å². The van der Waals surface area contributed by atoms with Crippen molar-refractivity contribution < 1.29 is 0 Å². The molecule has 0 bridgehead atoms. The molecule has 0 aromatic heterocycles. The van der Waals surface area contributed by atoms with Crippen molar-refractivity contribution >= 4 is 35.8 Å². The van der Waals surface area contributed by atoms with E-state index in [0.717, 1.165) is 10.4 Å². The molecule has 1 aromatic carbocycles. The average molecular weight is 201 g/mol. The SMILES string of the molecule is Clc1ccc2c(c1)=CN(Cl)NC=2. The first kappa shape index (κ1) is 7.77. The van der Waals surface area contributed by atoms with E-state index >= 15 is 0 Å². The maximum atomic E-state index is 5.81. The van der Waals surface area contributed by atoms with Crippen molar-refractivity contribution in [3.8, 4) is 0 Å². The zero-order valence-corrected chi connectivity index (χ0v) is 7.60. The Hall–Kier alpha value is -0.860. The number of hydrogen-bond donors (Lipinski definition) is 1. The van der Waals surface area contributed by atoms with Crippen molar-refractivity contribution in [2.75, 3.05) is 0 Å². The monoisotopic (exact) mass is 200 g/mol. The third-order valence-electron chi connectivity index (χ3n) is 1.64. The zero-order valence-electron chi connectivity index (χ0n) is 6.09. The summed E-state index contributed by atoms with van der Waals surface area (Å²) in [5.41, 5.74) is 2.83. The van der Waals surface area contributed by atoms with Crippen LogP contribution in [0.3, 0.4) is 0 Å². The Morgan fingerprint density at radius 2 is 2.08 bits per heavy atom. The van der Waals surface area contributed by atoms with E-state index in [1.54, 1.807) is 6.20 Å². The molecular formula is C8H6Cl2N2. The number of hydrazine groups is 1. The van der Waals surface area contributed by atoms with Gasteiger partial charge >= 0.3 is 0 Å². The number of halogens is 2. The van der Waals surface area contributed by atoms with Crippen molar-refractivity contribution in [2.24, 2.45) is 0 Å². The number of nitrogens with zero attached hydrogens (tertiary/aromatic N) is 1. The molecule has 0 fully saturated rings. The van der Waals surface area contributed by atoms with Gasteiger partial charge in [-0.15, -0.1) is 0 Å². The van der Waals surface area contributed by atoms with Gasteiger partial charge in [0.15, 0.2) is 0 Å². The smallest absolute Gasteiger partial charge is 0.0478 e. The molecule has 4 heteroatoms. The van der Waals surface area contributed by atoms with Crippen molar-refractivity contribution in [2.45, 2.75) is 0 Å². The highest BCUT2D eigenvalue weighted by Crippen LogP contribution is 2.01. The van der Waals surface area contributed by atoms with Gasteiger partial charge < -0.3 is 0 Å². The second kappa shape index (κ2) is 2.88. The van der Waals surface area contributed by atoms with Crippen LogP contribution >= 0.6 is 23.4 Å². The predicted octanol–water partition coefficient (Wildman–Crippen LogP) is 0.790. The van der Waals surface area contributed by atoms with Gasteiger partial charge in [0.05, 0.1) is 0 Å². The summed E-state index contributed by atoms with van der Waals surface area (Å²) in [4.78, 5) is 0. The third kappa shape index (κ3) is 1.36. The molecule has 2 nitrogen and oxygen atoms in total. The molecule has 0 spiro atoms. The molecule has 12 heavy (non-hydrogen) atoms. The van der Waals surface area contributed by atoms with Crippen LogP contribution in [0.4, 0.5) is 0 Å². The largest absolute Gasteiger partial charge is 0.291 e. The van der Waals surface area contributed by atoms with Crippen molar-refractivity contribution in [3.63, 3.8) is 0 Å². The van der Waals surface area contributed by atoms with Gasteiger partial charge in [0.25, 0.3) is 0 Å². The van der Waals surface area contributed by atoms with Gasteiger partial charge in [0.1, 0.15) is 0 Å². The summed E-state index contributed by atoms with van der Waals surface area (Å²) >= 11 is 11.5. The first-order valence-corrected chi connectivity index (χ1v) is 4.16. The van der Waals surface area contributed by atoms with Crippen LogP contribution in [0, 0.1) is 0 Å². The zero-order chi connectivity index (χ0) is 8.55. The van der Waals surface area contributed by atoms with Gasteiger partial charge in [-0.2, -0.15) is 0 Å². The van der Waals surface area contributed by atoms with E-state index in [1.165, 1.54) is 4.53 Å². The summed E-state index contributed by atoms with van der Waals surface area (Å²) in [6, 6.07) is 5.64. The Kier molecular flexibility index (Phi) is 1.87. The van der Waals surface area contributed by atoms with Crippen LogP contribution < -0.4 is 15.9 Å². The third-order valence-corrected chi connectivity index (χ3v) is 2.07. The average Bonchev–Trinajstić information content (AvgIpc) is 2.03. The number of nitrogens with one attached hydrogen (secondary N) is 1. The normalized spacial score (nSPS) is 14.0. The quantitative estimate of drug-likeness (QED) is 0.624. The molecule has 2 rings (SSSR count). The van der Waals surface area contributed by atoms with Crippen molar-refractivity contribution in [1.29, 1.82) is 0 Å². The number of benzene rings is 1. The van der Waals surface area contributed by atoms with Gasteiger partial charge in [0.2, 0.25) is 0 Å². The van der Waals surface area contributed by atoms with Crippen LogP contribution in [0.25, 0.3) is 12.4 Å². The van der Waals surface area contributed by atoms with Crippen LogP contribution in [0.5, 0.6) is 0 Å². The molecule has 0 saturated heterocycles. The number of rotatable bonds is 0. The molecule has 0 radical (unpaired) electrons. The molecule has 1 aliphatic rings. The lowest BCUT2D eigenvalue weighted by atomic mass is 10.2. The highest BCUT2D eigenvalue weighted by Gasteiger charge is 1.97. The molecule has 1 heterocycles. The first-order chi connectivity index (χ1) is 5.75. The van der Waals surface area contributed by atoms with E-state index in [1.807, 2.05) is 24.4 Å². The Labute approximate surface area is 79.8 Å². The van der Waals surface area contributed by atoms with E-state index < -0.39 is 0 Å². The van der Waals surface area contributed by atoms with E-state index in [-0.39, 0.29) is 0 Å². The molecule has 0 unspecified atom stereocenters. The summed E-state index contributed by atoms with van der Waals surface area (Å²) in [6.45, 7) is 0. The highest BCUT2D eigenvalue weighted by atomic mass is 35.5.